The van der Waals surface area contributed by atoms with E-state index in [0.29, 0.717) is 16.7 Å². The van der Waals surface area contributed by atoms with Crippen LogP contribution in [0.15, 0.2) is 71.9 Å². The summed E-state index contributed by atoms with van der Waals surface area (Å²) < 4.78 is 27.5. The van der Waals surface area contributed by atoms with Crippen molar-refractivity contribution in [1.29, 1.82) is 0 Å². The van der Waals surface area contributed by atoms with Crippen molar-refractivity contribution in [3.8, 4) is 0 Å². The Morgan fingerprint density at radius 2 is 1.52 bits per heavy atom. The SMILES string of the molecule is Cc1nccn1CC(c1ccccc1)(C1CCCC1)C1CCN(CC2CN(c3ccc(S(=O)(=O)C4CC4)cc3)C2)CC1. The van der Waals surface area contributed by atoms with E-state index < -0.39 is 9.84 Å². The molecule has 0 bridgehead atoms. The molecule has 6 nitrogen and oxygen atoms in total. The van der Waals surface area contributed by atoms with Crippen molar-refractivity contribution in [2.75, 3.05) is 37.6 Å². The van der Waals surface area contributed by atoms with Crippen LogP contribution in [0.5, 0.6) is 0 Å². The van der Waals surface area contributed by atoms with Crippen LogP contribution in [0.1, 0.15) is 62.8 Å². The van der Waals surface area contributed by atoms with Crippen LogP contribution in [0.4, 0.5) is 5.69 Å². The normalized spacial score (nSPS) is 22.7. The average molecular weight is 587 g/mol. The van der Waals surface area contributed by atoms with Gasteiger partial charge in [-0.05, 0) is 100 Å². The molecular weight excluding hydrogens is 540 g/mol. The molecule has 2 saturated heterocycles. The summed E-state index contributed by atoms with van der Waals surface area (Å²) in [4.78, 5) is 10.2. The fraction of sp³-hybridized carbons (Fsp3) is 0.571. The predicted molar refractivity (Wildman–Crippen MR) is 169 cm³/mol. The molecule has 4 fully saturated rings. The van der Waals surface area contributed by atoms with Crippen molar-refractivity contribution in [3.05, 3.63) is 78.4 Å². The molecule has 4 aliphatic rings. The second-order valence-corrected chi connectivity index (χ2v) is 15.8. The van der Waals surface area contributed by atoms with Crippen molar-refractivity contribution in [3.63, 3.8) is 0 Å². The van der Waals surface area contributed by atoms with Gasteiger partial charge in [0.25, 0.3) is 0 Å². The molecule has 7 rings (SSSR count). The van der Waals surface area contributed by atoms with Gasteiger partial charge in [0.1, 0.15) is 5.82 Å². The minimum atomic E-state index is -3.11. The third-order valence-corrected chi connectivity index (χ3v) is 13.3. The number of benzene rings is 2. The van der Waals surface area contributed by atoms with Crippen molar-refractivity contribution in [1.82, 2.24) is 14.5 Å². The summed E-state index contributed by atoms with van der Waals surface area (Å²) in [7, 11) is -3.11. The van der Waals surface area contributed by atoms with Gasteiger partial charge in [0.15, 0.2) is 9.84 Å². The van der Waals surface area contributed by atoms with E-state index >= 15 is 0 Å². The van der Waals surface area contributed by atoms with Gasteiger partial charge in [-0.15, -0.1) is 0 Å². The zero-order chi connectivity index (χ0) is 28.7. The number of imidazole rings is 1. The second-order valence-electron chi connectivity index (χ2n) is 13.6. The van der Waals surface area contributed by atoms with Gasteiger partial charge in [-0.2, -0.15) is 0 Å². The number of rotatable bonds is 10. The molecule has 0 radical (unpaired) electrons. The Kier molecular flexibility index (Phi) is 7.68. The summed E-state index contributed by atoms with van der Waals surface area (Å²) in [5.41, 5.74) is 2.84. The standard InChI is InChI=1S/C35H46N4O2S/c1-27-36-19-22-38(27)26-35(30-9-5-6-10-30,29-7-3-2-4-8-29)31-17-20-37(21-18-31)23-28-24-39(25-28)32-11-13-33(14-12-32)42(40,41)34-15-16-34/h2-4,7-8,11-14,19,22,28,30-31,34H,5-6,9-10,15-18,20-21,23-26H2,1H3. The fourth-order valence-corrected chi connectivity index (χ4v) is 10.2. The van der Waals surface area contributed by atoms with Crippen LogP contribution in [0, 0.1) is 24.7 Å². The number of piperidine rings is 1. The molecule has 42 heavy (non-hydrogen) atoms. The van der Waals surface area contributed by atoms with E-state index in [1.165, 1.54) is 63.7 Å². The third-order valence-electron chi connectivity index (χ3n) is 11.0. The van der Waals surface area contributed by atoms with Gasteiger partial charge in [0.05, 0.1) is 10.1 Å². The lowest BCUT2D eigenvalue weighted by atomic mass is 9.59. The van der Waals surface area contributed by atoms with E-state index in [1.807, 2.05) is 30.5 Å². The van der Waals surface area contributed by atoms with Crippen molar-refractivity contribution >= 4 is 15.5 Å². The topological polar surface area (TPSA) is 58.4 Å². The fourth-order valence-electron chi connectivity index (χ4n) is 8.51. The third kappa shape index (κ3) is 5.32. The molecule has 2 aliphatic heterocycles. The van der Waals surface area contributed by atoms with Crippen LogP contribution in [-0.2, 0) is 21.8 Å². The molecular formula is C35H46N4O2S. The van der Waals surface area contributed by atoms with Gasteiger partial charge in [0, 0.05) is 55.6 Å². The molecule has 1 aromatic heterocycles. The van der Waals surface area contributed by atoms with Gasteiger partial charge in [-0.1, -0.05) is 43.2 Å². The highest BCUT2D eigenvalue weighted by atomic mass is 32.2. The Morgan fingerprint density at radius 3 is 2.14 bits per heavy atom. The summed E-state index contributed by atoms with van der Waals surface area (Å²) in [5, 5.41) is -0.146. The molecule has 7 heteroatoms. The molecule has 2 saturated carbocycles. The second kappa shape index (κ2) is 11.5. The van der Waals surface area contributed by atoms with Crippen molar-refractivity contribution in [2.24, 2.45) is 17.8 Å². The number of aryl methyl sites for hydroxylation is 1. The first-order valence-electron chi connectivity index (χ1n) is 16.3. The molecule has 3 aromatic rings. The first-order chi connectivity index (χ1) is 20.4. The largest absolute Gasteiger partial charge is 0.371 e. The highest BCUT2D eigenvalue weighted by Gasteiger charge is 2.48. The Morgan fingerprint density at radius 1 is 0.857 bits per heavy atom. The number of likely N-dealkylation sites (tertiary alicyclic amines) is 1. The number of anilines is 1. The maximum absolute atomic E-state index is 12.5. The lowest BCUT2D eigenvalue weighted by Gasteiger charge is -2.50. The highest BCUT2D eigenvalue weighted by Crippen LogP contribution is 2.51. The lowest BCUT2D eigenvalue weighted by molar-refractivity contribution is 0.0642. The summed E-state index contributed by atoms with van der Waals surface area (Å²) >= 11 is 0. The minimum absolute atomic E-state index is 0.146. The van der Waals surface area contributed by atoms with Gasteiger partial charge >= 0.3 is 0 Å². The predicted octanol–water partition coefficient (Wildman–Crippen LogP) is 6.10. The van der Waals surface area contributed by atoms with E-state index in [1.54, 1.807) is 0 Å². The summed E-state index contributed by atoms with van der Waals surface area (Å²) in [6.07, 6.45) is 13.7. The van der Waals surface area contributed by atoms with Crippen LogP contribution in [0.2, 0.25) is 0 Å². The first-order valence-corrected chi connectivity index (χ1v) is 17.8. The van der Waals surface area contributed by atoms with Crippen LogP contribution < -0.4 is 4.90 Å². The summed E-state index contributed by atoms with van der Waals surface area (Å²) in [6, 6.07) is 19.1. The summed E-state index contributed by atoms with van der Waals surface area (Å²) in [6.45, 7) is 8.84. The van der Waals surface area contributed by atoms with Crippen LogP contribution in [0.25, 0.3) is 0 Å². The lowest BCUT2D eigenvalue weighted by Crippen LogP contribution is -2.54. The Hall–Kier alpha value is -2.64. The van der Waals surface area contributed by atoms with E-state index in [2.05, 4.69) is 62.8 Å². The molecule has 0 N–H and O–H groups in total. The van der Waals surface area contributed by atoms with E-state index in [4.69, 9.17) is 0 Å². The van der Waals surface area contributed by atoms with Gasteiger partial charge in [-0.25, -0.2) is 13.4 Å². The van der Waals surface area contributed by atoms with E-state index in [0.717, 1.165) is 49.9 Å². The molecule has 0 amide bonds. The quantitative estimate of drug-likeness (QED) is 0.287. The highest BCUT2D eigenvalue weighted by molar-refractivity contribution is 7.92. The zero-order valence-corrected chi connectivity index (χ0v) is 25.9. The number of nitrogens with zero attached hydrogens (tertiary/aromatic N) is 4. The molecule has 2 aliphatic carbocycles. The number of hydrogen-bond acceptors (Lipinski definition) is 5. The molecule has 224 valence electrons. The first kappa shape index (κ1) is 28.1. The number of hydrogen-bond donors (Lipinski definition) is 0. The van der Waals surface area contributed by atoms with Crippen LogP contribution in [0.3, 0.4) is 0 Å². The van der Waals surface area contributed by atoms with Crippen LogP contribution >= 0.6 is 0 Å². The smallest absolute Gasteiger partial charge is 0.181 e. The van der Waals surface area contributed by atoms with Crippen LogP contribution in [-0.4, -0.2) is 60.8 Å². The molecule has 1 atom stereocenters. The average Bonchev–Trinajstić information content (AvgIpc) is 3.58. The molecule has 0 spiro atoms. The molecule has 3 heterocycles. The zero-order valence-electron chi connectivity index (χ0n) is 25.1. The van der Waals surface area contributed by atoms with Gasteiger partial charge in [0.2, 0.25) is 0 Å². The van der Waals surface area contributed by atoms with Crippen molar-refractivity contribution in [2.45, 2.75) is 80.4 Å². The Balaban J connectivity index is 1.00. The number of sulfone groups is 1. The summed E-state index contributed by atoms with van der Waals surface area (Å²) in [5.74, 6) is 3.20. The Bertz CT molecular complexity index is 1450. The molecule has 1 unspecified atom stereocenters. The van der Waals surface area contributed by atoms with Crippen molar-refractivity contribution < 1.29 is 8.42 Å². The monoisotopic (exact) mass is 586 g/mol. The Labute approximate surface area is 252 Å². The number of aromatic nitrogens is 2. The van der Waals surface area contributed by atoms with E-state index in [-0.39, 0.29) is 10.7 Å². The van der Waals surface area contributed by atoms with Gasteiger partial charge in [-0.3, -0.25) is 0 Å². The minimum Gasteiger partial charge on any atom is -0.371 e. The van der Waals surface area contributed by atoms with E-state index in [9.17, 15) is 8.42 Å². The maximum atomic E-state index is 12.5. The molecule has 2 aromatic carbocycles. The maximum Gasteiger partial charge on any atom is 0.181 e. The van der Waals surface area contributed by atoms with Gasteiger partial charge < -0.3 is 14.4 Å².